The van der Waals surface area contributed by atoms with Crippen LogP contribution in [0.4, 0.5) is 0 Å². The van der Waals surface area contributed by atoms with Crippen molar-refractivity contribution >= 4 is 40.1 Å². The molecular formula is C20H10Cl2NO3-. The summed E-state index contributed by atoms with van der Waals surface area (Å²) in [6.07, 6.45) is 0. The Kier molecular flexibility index (Phi) is 4.15. The Hall–Kier alpha value is -2.82. The van der Waals surface area contributed by atoms with Crippen LogP contribution >= 0.6 is 23.2 Å². The summed E-state index contributed by atoms with van der Waals surface area (Å²) >= 11 is 12.1. The first-order chi connectivity index (χ1) is 12.5. The number of carbonyl (C=O) groups is 1. The molecule has 0 unspecified atom stereocenters. The Morgan fingerprint density at radius 2 is 1.62 bits per heavy atom. The summed E-state index contributed by atoms with van der Waals surface area (Å²) in [6.45, 7) is 0. The van der Waals surface area contributed by atoms with E-state index in [2.05, 4.69) is 4.98 Å². The van der Waals surface area contributed by atoms with Gasteiger partial charge in [-0.1, -0.05) is 41.4 Å². The Morgan fingerprint density at radius 3 is 2.35 bits per heavy atom. The van der Waals surface area contributed by atoms with Crippen LogP contribution in [0.3, 0.4) is 0 Å². The number of para-hydroxylation sites is 1. The molecule has 0 fully saturated rings. The van der Waals surface area contributed by atoms with Crippen LogP contribution in [-0.2, 0) is 0 Å². The number of carboxylic acid groups (broad SMARTS) is 1. The average molecular weight is 383 g/mol. The zero-order chi connectivity index (χ0) is 18.3. The molecule has 0 N–H and O–H groups in total. The minimum absolute atomic E-state index is 0.0642. The molecule has 0 radical (unpaired) electrons. The highest BCUT2D eigenvalue weighted by Crippen LogP contribution is 2.32. The lowest BCUT2D eigenvalue weighted by molar-refractivity contribution is -0.254. The minimum atomic E-state index is -1.27. The van der Waals surface area contributed by atoms with Crippen molar-refractivity contribution < 1.29 is 14.3 Å². The maximum atomic E-state index is 11.5. The number of carboxylic acids is 1. The van der Waals surface area contributed by atoms with Gasteiger partial charge in [0, 0.05) is 26.6 Å². The summed E-state index contributed by atoms with van der Waals surface area (Å²) < 4.78 is 5.86. The van der Waals surface area contributed by atoms with Crippen molar-refractivity contribution in [1.82, 2.24) is 4.98 Å². The number of hydrogen-bond acceptors (Lipinski definition) is 4. The molecule has 0 aliphatic carbocycles. The lowest BCUT2D eigenvalue weighted by Gasteiger charge is -2.09. The van der Waals surface area contributed by atoms with Gasteiger partial charge in [-0.15, -0.1) is 0 Å². The fraction of sp³-hybridized carbons (Fsp3) is 0. The van der Waals surface area contributed by atoms with Gasteiger partial charge in [0.25, 0.3) is 0 Å². The summed E-state index contributed by atoms with van der Waals surface area (Å²) in [5, 5.41) is 13.0. The van der Waals surface area contributed by atoms with Gasteiger partial charge in [0.15, 0.2) is 5.76 Å². The Bertz CT molecular complexity index is 1130. The molecule has 0 spiro atoms. The molecule has 26 heavy (non-hydrogen) atoms. The minimum Gasteiger partial charge on any atom is -0.545 e. The molecule has 2 aromatic carbocycles. The number of pyridine rings is 1. The Labute approximate surface area is 158 Å². The fourth-order valence-corrected chi connectivity index (χ4v) is 3.32. The molecule has 0 aliphatic heterocycles. The van der Waals surface area contributed by atoms with E-state index in [0.29, 0.717) is 38.2 Å². The van der Waals surface area contributed by atoms with E-state index in [1.165, 1.54) is 6.07 Å². The van der Waals surface area contributed by atoms with Gasteiger partial charge in [0.2, 0.25) is 0 Å². The molecule has 0 saturated carbocycles. The van der Waals surface area contributed by atoms with Crippen molar-refractivity contribution in [3.63, 3.8) is 0 Å². The van der Waals surface area contributed by atoms with Crippen LogP contribution in [-0.4, -0.2) is 11.0 Å². The van der Waals surface area contributed by atoms with Gasteiger partial charge in [-0.2, -0.15) is 0 Å². The Morgan fingerprint density at radius 1 is 0.923 bits per heavy atom. The molecule has 0 saturated heterocycles. The molecule has 0 amide bonds. The number of rotatable bonds is 3. The first-order valence-electron chi connectivity index (χ1n) is 7.69. The van der Waals surface area contributed by atoms with Crippen molar-refractivity contribution in [2.24, 2.45) is 0 Å². The van der Waals surface area contributed by atoms with Gasteiger partial charge < -0.3 is 14.3 Å². The van der Waals surface area contributed by atoms with E-state index in [9.17, 15) is 9.90 Å². The summed E-state index contributed by atoms with van der Waals surface area (Å²) in [5.74, 6) is -0.281. The molecular weight excluding hydrogens is 373 g/mol. The second-order valence-electron chi connectivity index (χ2n) is 5.68. The Balaban J connectivity index is 1.84. The predicted molar refractivity (Wildman–Crippen MR) is 99.2 cm³/mol. The third-order valence-corrected chi connectivity index (χ3v) is 4.38. The normalized spacial score (nSPS) is 11.0. The van der Waals surface area contributed by atoms with E-state index in [-0.39, 0.29) is 5.56 Å². The predicted octanol–water partition coefficient (Wildman–Crippen LogP) is 4.83. The topological polar surface area (TPSA) is 66.2 Å². The maximum absolute atomic E-state index is 11.5. The number of furan rings is 1. The zero-order valence-corrected chi connectivity index (χ0v) is 14.7. The molecule has 0 aliphatic rings. The first kappa shape index (κ1) is 16.6. The number of nitrogens with zero attached hydrogens (tertiary/aromatic N) is 1. The monoisotopic (exact) mass is 382 g/mol. The van der Waals surface area contributed by atoms with E-state index in [1.54, 1.807) is 54.6 Å². The maximum Gasteiger partial charge on any atom is 0.153 e. The van der Waals surface area contributed by atoms with Crippen molar-refractivity contribution in [3.05, 3.63) is 76.3 Å². The number of aromatic carboxylic acids is 1. The number of hydrogen-bond donors (Lipinski definition) is 0. The number of fused-ring (bicyclic) bond motifs is 1. The second-order valence-corrected chi connectivity index (χ2v) is 6.55. The third-order valence-electron chi connectivity index (χ3n) is 3.94. The van der Waals surface area contributed by atoms with Crippen LogP contribution in [0.5, 0.6) is 0 Å². The molecule has 6 heteroatoms. The highest BCUT2D eigenvalue weighted by atomic mass is 35.5. The third kappa shape index (κ3) is 3.05. The van der Waals surface area contributed by atoms with Gasteiger partial charge in [-0.3, -0.25) is 0 Å². The smallest absolute Gasteiger partial charge is 0.153 e. The molecule has 128 valence electrons. The molecule has 4 rings (SSSR count). The van der Waals surface area contributed by atoms with Crippen LogP contribution in [0, 0.1) is 0 Å². The number of aromatic nitrogens is 1. The fourth-order valence-electron chi connectivity index (χ4n) is 2.80. The van der Waals surface area contributed by atoms with Gasteiger partial charge >= 0.3 is 0 Å². The lowest BCUT2D eigenvalue weighted by atomic mass is 10.1. The van der Waals surface area contributed by atoms with Crippen LogP contribution in [0.2, 0.25) is 10.0 Å². The van der Waals surface area contributed by atoms with Crippen LogP contribution in [0.1, 0.15) is 10.4 Å². The van der Waals surface area contributed by atoms with E-state index >= 15 is 0 Å². The van der Waals surface area contributed by atoms with Crippen LogP contribution in [0.25, 0.3) is 33.7 Å². The largest absolute Gasteiger partial charge is 0.545 e. The summed E-state index contributed by atoms with van der Waals surface area (Å²) in [7, 11) is 0. The summed E-state index contributed by atoms with van der Waals surface area (Å²) in [6, 6.07) is 17.0. The van der Waals surface area contributed by atoms with Crippen molar-refractivity contribution in [3.8, 4) is 22.8 Å². The van der Waals surface area contributed by atoms with E-state index < -0.39 is 5.97 Å². The first-order valence-corrected chi connectivity index (χ1v) is 8.45. The number of benzene rings is 2. The standard InChI is InChI=1S/C20H11Cl2NO3/c21-12-7-11(8-13(22)9-12)18-5-6-19(26-18)17-10-15(20(24)25)14-3-1-2-4-16(14)23-17/h1-10H,(H,24,25)/p-1. The number of carbonyl (C=O) groups excluding carboxylic acids is 1. The SMILES string of the molecule is O=C([O-])c1cc(-c2ccc(-c3cc(Cl)cc(Cl)c3)o2)nc2ccccc12. The van der Waals surface area contributed by atoms with E-state index in [0.717, 1.165) is 5.56 Å². The quantitative estimate of drug-likeness (QED) is 0.508. The second kappa shape index (κ2) is 6.48. The van der Waals surface area contributed by atoms with Gasteiger partial charge in [-0.25, -0.2) is 4.98 Å². The van der Waals surface area contributed by atoms with E-state index in [4.69, 9.17) is 27.6 Å². The van der Waals surface area contributed by atoms with Gasteiger partial charge in [0.1, 0.15) is 11.5 Å². The molecule has 2 heterocycles. The van der Waals surface area contributed by atoms with Crippen molar-refractivity contribution in [1.29, 1.82) is 0 Å². The molecule has 0 atom stereocenters. The average Bonchev–Trinajstić information content (AvgIpc) is 3.10. The molecule has 4 aromatic rings. The van der Waals surface area contributed by atoms with Gasteiger partial charge in [0.05, 0.1) is 11.5 Å². The summed E-state index contributed by atoms with van der Waals surface area (Å²) in [4.78, 5) is 16.0. The highest BCUT2D eigenvalue weighted by molar-refractivity contribution is 6.35. The van der Waals surface area contributed by atoms with Crippen molar-refractivity contribution in [2.75, 3.05) is 0 Å². The van der Waals surface area contributed by atoms with Gasteiger partial charge in [-0.05, 0) is 42.5 Å². The van der Waals surface area contributed by atoms with Crippen LogP contribution < -0.4 is 5.11 Å². The molecule has 4 nitrogen and oxygen atoms in total. The highest BCUT2D eigenvalue weighted by Gasteiger charge is 2.13. The summed E-state index contributed by atoms with van der Waals surface area (Å²) in [5.41, 5.74) is 1.74. The molecule has 0 bridgehead atoms. The molecule has 2 aromatic heterocycles. The number of halogens is 2. The van der Waals surface area contributed by atoms with E-state index in [1.807, 2.05) is 0 Å². The lowest BCUT2D eigenvalue weighted by Crippen LogP contribution is -2.22. The van der Waals surface area contributed by atoms with Crippen LogP contribution in [0.15, 0.2) is 65.1 Å². The zero-order valence-electron chi connectivity index (χ0n) is 13.2. The van der Waals surface area contributed by atoms with Crippen molar-refractivity contribution in [2.45, 2.75) is 0 Å².